The lowest BCUT2D eigenvalue weighted by molar-refractivity contribution is -0.118. The molecule has 0 atom stereocenters. The molecule has 3 aromatic rings. The summed E-state index contributed by atoms with van der Waals surface area (Å²) in [5.41, 5.74) is 1.37. The van der Waals surface area contributed by atoms with Gasteiger partial charge >= 0.3 is 12.0 Å². The van der Waals surface area contributed by atoms with Gasteiger partial charge in [-0.1, -0.05) is 12.1 Å². The third kappa shape index (κ3) is 4.72. The molecule has 2 aromatic heterocycles. The van der Waals surface area contributed by atoms with Gasteiger partial charge in [-0.2, -0.15) is 9.97 Å². The molecule has 0 saturated heterocycles. The zero-order valence-electron chi connectivity index (χ0n) is 14.6. The molecule has 2 heterocycles. The second kappa shape index (κ2) is 8.17. The van der Waals surface area contributed by atoms with Gasteiger partial charge in [0.2, 0.25) is 0 Å². The van der Waals surface area contributed by atoms with Crippen molar-refractivity contribution in [2.75, 3.05) is 11.9 Å². The van der Waals surface area contributed by atoms with Gasteiger partial charge in [0.05, 0.1) is 17.1 Å². The second-order valence-corrected chi connectivity index (χ2v) is 5.45. The molecule has 0 aliphatic heterocycles. The lowest BCUT2D eigenvalue weighted by Gasteiger charge is -2.12. The molecule has 3 rings (SSSR count). The average molecular weight is 369 g/mol. The first-order chi connectivity index (χ1) is 13.0. The van der Waals surface area contributed by atoms with Gasteiger partial charge in [-0.25, -0.2) is 14.4 Å². The molecule has 138 valence electrons. The third-order valence-corrected chi connectivity index (χ3v) is 3.43. The zero-order chi connectivity index (χ0) is 19.2. The maximum atomic E-state index is 13.7. The van der Waals surface area contributed by atoms with Gasteiger partial charge in [-0.3, -0.25) is 4.79 Å². The smallest absolute Gasteiger partial charge is 0.322 e. The highest BCUT2D eigenvalue weighted by Crippen LogP contribution is 2.25. The number of anilines is 1. The van der Waals surface area contributed by atoms with Gasteiger partial charge in [0.15, 0.2) is 18.2 Å². The van der Waals surface area contributed by atoms with Gasteiger partial charge < -0.3 is 14.8 Å². The van der Waals surface area contributed by atoms with E-state index >= 15 is 0 Å². The van der Waals surface area contributed by atoms with Crippen LogP contribution in [-0.4, -0.2) is 32.4 Å². The van der Waals surface area contributed by atoms with Crippen molar-refractivity contribution in [3.63, 3.8) is 0 Å². The summed E-state index contributed by atoms with van der Waals surface area (Å²) in [4.78, 5) is 28.1. The first-order valence-corrected chi connectivity index (χ1v) is 8.00. The number of rotatable bonds is 6. The molecule has 0 radical (unpaired) electrons. The Kier molecular flexibility index (Phi) is 5.50. The average Bonchev–Trinajstić information content (AvgIpc) is 2.66. The highest BCUT2D eigenvalue weighted by molar-refractivity contribution is 5.92. The molecule has 27 heavy (non-hydrogen) atoms. The quantitative estimate of drug-likeness (QED) is 0.713. The summed E-state index contributed by atoms with van der Waals surface area (Å²) in [6.45, 7) is 3.09. The molecule has 0 bridgehead atoms. The number of hydrogen-bond donors (Lipinski definition) is 1. The summed E-state index contributed by atoms with van der Waals surface area (Å²) in [6, 6.07) is 7.68. The Morgan fingerprint density at radius 3 is 2.37 bits per heavy atom. The Labute approximate surface area is 154 Å². The predicted octanol–water partition coefficient (Wildman–Crippen LogP) is 2.83. The number of aromatic nitrogens is 4. The van der Waals surface area contributed by atoms with Crippen molar-refractivity contribution < 1.29 is 18.7 Å². The highest BCUT2D eigenvalue weighted by Gasteiger charge is 2.14. The lowest BCUT2D eigenvalue weighted by atomic mass is 10.3. The van der Waals surface area contributed by atoms with Crippen LogP contribution < -0.4 is 14.8 Å². The highest BCUT2D eigenvalue weighted by atomic mass is 19.1. The normalized spacial score (nSPS) is 10.3. The minimum Gasteiger partial charge on any atom is -0.453 e. The van der Waals surface area contributed by atoms with E-state index in [1.807, 2.05) is 0 Å². The van der Waals surface area contributed by atoms with Crippen molar-refractivity contribution in [3.8, 4) is 17.8 Å². The van der Waals surface area contributed by atoms with Crippen LogP contribution >= 0.6 is 0 Å². The molecule has 0 saturated carbocycles. The number of ether oxygens (including phenoxy) is 2. The van der Waals surface area contributed by atoms with E-state index in [1.165, 1.54) is 24.5 Å². The van der Waals surface area contributed by atoms with Crippen LogP contribution in [0.3, 0.4) is 0 Å². The topological polar surface area (TPSA) is 99.1 Å². The maximum absolute atomic E-state index is 13.7. The van der Waals surface area contributed by atoms with Crippen LogP contribution in [0.25, 0.3) is 0 Å². The van der Waals surface area contributed by atoms with Crippen LogP contribution in [0.5, 0.6) is 17.8 Å². The summed E-state index contributed by atoms with van der Waals surface area (Å²) < 4.78 is 24.3. The number of amides is 1. The van der Waals surface area contributed by atoms with Crippen molar-refractivity contribution in [1.82, 2.24) is 19.9 Å². The molecule has 9 heteroatoms. The Bertz CT molecular complexity index is 930. The molecule has 1 amide bonds. The predicted molar refractivity (Wildman–Crippen MR) is 94.1 cm³/mol. The molecular formula is C18H16FN5O3. The van der Waals surface area contributed by atoms with E-state index in [1.54, 1.807) is 32.0 Å². The van der Waals surface area contributed by atoms with E-state index in [-0.39, 0.29) is 24.4 Å². The maximum Gasteiger partial charge on any atom is 0.322 e. The van der Waals surface area contributed by atoms with E-state index < -0.39 is 11.7 Å². The number of carbonyl (C=O) groups excluding carboxylic acids is 1. The largest absolute Gasteiger partial charge is 0.453 e. The number of hydrogen-bond acceptors (Lipinski definition) is 7. The van der Waals surface area contributed by atoms with Crippen molar-refractivity contribution in [3.05, 3.63) is 59.9 Å². The van der Waals surface area contributed by atoms with Gasteiger partial charge in [-0.05, 0) is 32.0 Å². The summed E-state index contributed by atoms with van der Waals surface area (Å²) in [5, 5.41) is 2.68. The lowest BCUT2D eigenvalue weighted by Crippen LogP contribution is -2.22. The molecule has 8 nitrogen and oxygen atoms in total. The van der Waals surface area contributed by atoms with E-state index in [9.17, 15) is 9.18 Å². The number of para-hydroxylation sites is 1. The standard InChI is InChI=1S/C18H16FN5O3/c1-11-16(24-15(25)10-26-17-20-8-5-9-21-17)12(2)23-18(22-11)27-14-7-4-3-6-13(14)19/h3-9H,10H2,1-2H3,(H,24,25). The molecule has 1 N–H and O–H groups in total. The SMILES string of the molecule is Cc1nc(Oc2ccccc2F)nc(C)c1NC(=O)COc1ncccn1. The fourth-order valence-corrected chi connectivity index (χ4v) is 2.20. The number of halogens is 1. The number of nitrogens with one attached hydrogen (secondary N) is 1. The van der Waals surface area contributed by atoms with Crippen molar-refractivity contribution in [2.24, 2.45) is 0 Å². The molecule has 0 aliphatic rings. The number of nitrogens with zero attached hydrogens (tertiary/aromatic N) is 4. The molecule has 0 spiro atoms. The zero-order valence-corrected chi connectivity index (χ0v) is 14.6. The van der Waals surface area contributed by atoms with Gasteiger partial charge in [0.1, 0.15) is 0 Å². The molecule has 0 aliphatic carbocycles. The van der Waals surface area contributed by atoms with E-state index in [4.69, 9.17) is 9.47 Å². The first kappa shape index (κ1) is 18.2. The van der Waals surface area contributed by atoms with Crippen molar-refractivity contribution >= 4 is 11.6 Å². The van der Waals surface area contributed by atoms with Crippen LogP contribution in [0.4, 0.5) is 10.1 Å². The molecule has 1 aromatic carbocycles. The van der Waals surface area contributed by atoms with Crippen LogP contribution in [0.2, 0.25) is 0 Å². The van der Waals surface area contributed by atoms with Crippen LogP contribution in [0, 0.1) is 19.7 Å². The molecule has 0 fully saturated rings. The van der Waals surface area contributed by atoms with Crippen LogP contribution in [0.1, 0.15) is 11.4 Å². The fraction of sp³-hybridized carbons (Fsp3) is 0.167. The van der Waals surface area contributed by atoms with Crippen molar-refractivity contribution in [2.45, 2.75) is 13.8 Å². The Morgan fingerprint density at radius 1 is 1.04 bits per heavy atom. The minimum atomic E-state index is -0.519. The first-order valence-electron chi connectivity index (χ1n) is 8.00. The van der Waals surface area contributed by atoms with Crippen LogP contribution in [0.15, 0.2) is 42.7 Å². The number of benzene rings is 1. The number of carbonyl (C=O) groups is 1. The van der Waals surface area contributed by atoms with E-state index in [2.05, 4.69) is 25.3 Å². The van der Waals surface area contributed by atoms with Crippen LogP contribution in [-0.2, 0) is 4.79 Å². The van der Waals surface area contributed by atoms with Gasteiger partial charge in [0.25, 0.3) is 5.91 Å². The second-order valence-electron chi connectivity index (χ2n) is 5.45. The summed E-state index contributed by atoms with van der Waals surface area (Å²) in [6.07, 6.45) is 3.02. The van der Waals surface area contributed by atoms with Gasteiger partial charge in [-0.15, -0.1) is 0 Å². The summed E-state index contributed by atoms with van der Waals surface area (Å²) in [7, 11) is 0. The minimum absolute atomic E-state index is 0.0120. The van der Waals surface area contributed by atoms with E-state index in [0.717, 1.165) is 0 Å². The molecule has 0 unspecified atom stereocenters. The van der Waals surface area contributed by atoms with Crippen molar-refractivity contribution in [1.29, 1.82) is 0 Å². The fourth-order valence-electron chi connectivity index (χ4n) is 2.20. The Morgan fingerprint density at radius 2 is 1.70 bits per heavy atom. The summed E-state index contributed by atoms with van der Waals surface area (Å²) in [5.74, 6) is -0.918. The monoisotopic (exact) mass is 369 g/mol. The molecular weight excluding hydrogens is 353 g/mol. The van der Waals surface area contributed by atoms with E-state index in [0.29, 0.717) is 17.1 Å². The summed E-state index contributed by atoms with van der Waals surface area (Å²) >= 11 is 0. The number of aryl methyl sites for hydroxylation is 2. The Balaban J connectivity index is 1.67. The third-order valence-electron chi connectivity index (χ3n) is 3.43. The Hall–Kier alpha value is -3.62. The van der Waals surface area contributed by atoms with Gasteiger partial charge in [0, 0.05) is 12.4 Å².